The van der Waals surface area contributed by atoms with E-state index in [0.29, 0.717) is 13.2 Å². The SMILES string of the molecule is O=c1ccn2c(n1)O[C@H]1[C@H](OC3CCCCO3)[C@@H](COC3CCCCO3)O[C@H]12. The molecule has 6 atom stereocenters. The van der Waals surface area contributed by atoms with Crippen molar-refractivity contribution in [1.29, 1.82) is 0 Å². The molecule has 2 unspecified atom stereocenters. The van der Waals surface area contributed by atoms with Gasteiger partial charge in [-0.2, -0.15) is 4.98 Å². The van der Waals surface area contributed by atoms with Crippen molar-refractivity contribution >= 4 is 0 Å². The van der Waals surface area contributed by atoms with Gasteiger partial charge in [-0.05, 0) is 38.5 Å². The van der Waals surface area contributed by atoms with Crippen LogP contribution in [0.25, 0.3) is 0 Å². The first-order valence-electron chi connectivity index (χ1n) is 10.2. The summed E-state index contributed by atoms with van der Waals surface area (Å²) < 4.78 is 37.6. The van der Waals surface area contributed by atoms with Crippen LogP contribution in [0.5, 0.6) is 6.01 Å². The van der Waals surface area contributed by atoms with Gasteiger partial charge in [0.1, 0.15) is 12.2 Å². The molecule has 0 N–H and O–H groups in total. The number of fused-ring (bicyclic) bond motifs is 3. The summed E-state index contributed by atoms with van der Waals surface area (Å²) in [6.07, 6.45) is 5.69. The fourth-order valence-electron chi connectivity index (χ4n) is 4.19. The molecule has 5 rings (SSSR count). The van der Waals surface area contributed by atoms with Crippen molar-refractivity contribution in [3.05, 3.63) is 22.6 Å². The molecular formula is C19H26N2O7. The molecule has 9 heteroatoms. The van der Waals surface area contributed by atoms with E-state index in [1.807, 2.05) is 0 Å². The lowest BCUT2D eigenvalue weighted by Gasteiger charge is -2.30. The van der Waals surface area contributed by atoms with Crippen molar-refractivity contribution in [3.8, 4) is 6.01 Å². The normalized spacial score (nSPS) is 37.3. The van der Waals surface area contributed by atoms with Gasteiger partial charge in [0.25, 0.3) is 5.56 Å². The number of nitrogens with zero attached hydrogens (tertiary/aromatic N) is 2. The molecule has 28 heavy (non-hydrogen) atoms. The number of rotatable bonds is 5. The molecule has 4 aliphatic heterocycles. The summed E-state index contributed by atoms with van der Waals surface area (Å²) in [5.74, 6) is 0. The van der Waals surface area contributed by atoms with Gasteiger partial charge in [-0.1, -0.05) is 0 Å². The monoisotopic (exact) mass is 394 g/mol. The highest BCUT2D eigenvalue weighted by Crippen LogP contribution is 2.41. The standard InChI is InChI=1S/C19H26N2O7/c22-13-7-8-21-18-17(28-19(21)20-13)16(27-15-6-2-4-10-24-15)12(26-18)11-25-14-5-1-3-9-23-14/h7-8,12,14-18H,1-6,9-11H2/t12-,14?,15?,16-,17+,18-/m1/s1. The summed E-state index contributed by atoms with van der Waals surface area (Å²) in [5, 5.41) is 0. The van der Waals surface area contributed by atoms with Crippen LogP contribution in [-0.4, -0.2) is 60.3 Å². The van der Waals surface area contributed by atoms with E-state index >= 15 is 0 Å². The smallest absolute Gasteiger partial charge is 0.302 e. The Bertz CT molecular complexity index is 729. The van der Waals surface area contributed by atoms with Crippen LogP contribution in [-0.2, 0) is 23.7 Å². The molecule has 5 heterocycles. The Kier molecular flexibility index (Phi) is 5.34. The summed E-state index contributed by atoms with van der Waals surface area (Å²) in [7, 11) is 0. The van der Waals surface area contributed by atoms with Crippen LogP contribution in [0.15, 0.2) is 17.1 Å². The lowest BCUT2D eigenvalue weighted by atomic mass is 10.1. The zero-order valence-electron chi connectivity index (χ0n) is 15.7. The van der Waals surface area contributed by atoms with Crippen molar-refractivity contribution in [2.24, 2.45) is 0 Å². The minimum atomic E-state index is -0.405. The highest BCUT2D eigenvalue weighted by molar-refractivity contribution is 5.11. The van der Waals surface area contributed by atoms with Gasteiger partial charge in [-0.25, -0.2) is 0 Å². The lowest BCUT2D eigenvalue weighted by molar-refractivity contribution is -0.223. The van der Waals surface area contributed by atoms with E-state index in [2.05, 4.69) is 4.98 Å². The Hall–Kier alpha value is -1.52. The van der Waals surface area contributed by atoms with Crippen LogP contribution in [0, 0.1) is 0 Å². The van der Waals surface area contributed by atoms with Crippen molar-refractivity contribution in [2.75, 3.05) is 19.8 Å². The maximum Gasteiger partial charge on any atom is 0.302 e. The Balaban J connectivity index is 1.31. The Morgan fingerprint density at radius 2 is 1.89 bits per heavy atom. The third-order valence-corrected chi connectivity index (χ3v) is 5.64. The average Bonchev–Trinajstić information content (AvgIpc) is 3.24. The molecular weight excluding hydrogens is 368 g/mol. The van der Waals surface area contributed by atoms with Crippen LogP contribution in [0.2, 0.25) is 0 Å². The molecule has 154 valence electrons. The fourth-order valence-corrected chi connectivity index (χ4v) is 4.19. The van der Waals surface area contributed by atoms with Gasteiger partial charge < -0.3 is 28.4 Å². The number of hydrogen-bond acceptors (Lipinski definition) is 8. The van der Waals surface area contributed by atoms with Crippen molar-refractivity contribution < 1.29 is 28.4 Å². The maximum absolute atomic E-state index is 11.6. The molecule has 3 saturated heterocycles. The summed E-state index contributed by atoms with van der Waals surface area (Å²) in [4.78, 5) is 15.5. The van der Waals surface area contributed by atoms with Gasteiger partial charge in [0.05, 0.1) is 6.61 Å². The predicted molar refractivity (Wildman–Crippen MR) is 94.8 cm³/mol. The first-order chi connectivity index (χ1) is 13.8. The summed E-state index contributed by atoms with van der Waals surface area (Å²) in [5.41, 5.74) is -0.339. The van der Waals surface area contributed by atoms with E-state index in [4.69, 9.17) is 28.4 Å². The second kappa shape index (κ2) is 8.08. The minimum absolute atomic E-state index is 0.199. The Morgan fingerprint density at radius 3 is 2.64 bits per heavy atom. The van der Waals surface area contributed by atoms with Crippen LogP contribution in [0.1, 0.15) is 44.8 Å². The van der Waals surface area contributed by atoms with Crippen LogP contribution in [0.4, 0.5) is 0 Å². The molecule has 3 fully saturated rings. The average molecular weight is 394 g/mol. The molecule has 9 nitrogen and oxygen atoms in total. The van der Waals surface area contributed by atoms with E-state index in [1.165, 1.54) is 6.07 Å². The topological polar surface area (TPSA) is 90.3 Å². The Morgan fingerprint density at radius 1 is 1.11 bits per heavy atom. The molecule has 0 amide bonds. The molecule has 0 bridgehead atoms. The highest BCUT2D eigenvalue weighted by atomic mass is 16.7. The summed E-state index contributed by atoms with van der Waals surface area (Å²) in [6, 6.07) is 1.66. The second-order valence-corrected chi connectivity index (χ2v) is 7.63. The fraction of sp³-hybridized carbons (Fsp3) is 0.789. The van der Waals surface area contributed by atoms with Gasteiger partial charge in [0.15, 0.2) is 24.9 Å². The zero-order chi connectivity index (χ0) is 18.9. The summed E-state index contributed by atoms with van der Waals surface area (Å²) >= 11 is 0. The molecule has 1 aromatic heterocycles. The van der Waals surface area contributed by atoms with Crippen molar-refractivity contribution in [1.82, 2.24) is 9.55 Å². The first kappa shape index (κ1) is 18.5. The van der Waals surface area contributed by atoms with Gasteiger partial charge in [0.2, 0.25) is 0 Å². The minimum Gasteiger partial charge on any atom is -0.453 e. The molecule has 0 spiro atoms. The summed E-state index contributed by atoms with van der Waals surface area (Å²) in [6.45, 7) is 1.77. The highest BCUT2D eigenvalue weighted by Gasteiger charge is 2.53. The number of hydrogen-bond donors (Lipinski definition) is 0. The van der Waals surface area contributed by atoms with Gasteiger partial charge in [0, 0.05) is 25.5 Å². The second-order valence-electron chi connectivity index (χ2n) is 7.63. The molecule has 0 aromatic carbocycles. The number of ether oxygens (including phenoxy) is 6. The predicted octanol–water partition coefficient (Wildman–Crippen LogP) is 1.36. The van der Waals surface area contributed by atoms with Crippen molar-refractivity contribution in [2.45, 2.75) is 75.6 Å². The molecule has 4 aliphatic rings. The van der Waals surface area contributed by atoms with E-state index in [1.54, 1.807) is 10.8 Å². The Labute approximate surface area is 162 Å². The number of aromatic nitrogens is 2. The third kappa shape index (κ3) is 3.69. The molecule has 0 aliphatic carbocycles. The van der Waals surface area contributed by atoms with E-state index in [-0.39, 0.29) is 36.4 Å². The molecule has 0 radical (unpaired) electrons. The third-order valence-electron chi connectivity index (χ3n) is 5.64. The quantitative estimate of drug-likeness (QED) is 0.739. The van der Waals surface area contributed by atoms with E-state index in [0.717, 1.165) is 45.1 Å². The van der Waals surface area contributed by atoms with Gasteiger partial charge >= 0.3 is 6.01 Å². The van der Waals surface area contributed by atoms with Crippen molar-refractivity contribution in [3.63, 3.8) is 0 Å². The first-order valence-corrected chi connectivity index (χ1v) is 10.2. The zero-order valence-corrected chi connectivity index (χ0v) is 15.7. The molecule has 0 saturated carbocycles. The van der Waals surface area contributed by atoms with Gasteiger partial charge in [-0.15, -0.1) is 0 Å². The van der Waals surface area contributed by atoms with Crippen LogP contribution >= 0.6 is 0 Å². The van der Waals surface area contributed by atoms with Crippen LogP contribution in [0.3, 0.4) is 0 Å². The van der Waals surface area contributed by atoms with E-state index in [9.17, 15) is 4.79 Å². The molecule has 1 aromatic rings. The van der Waals surface area contributed by atoms with Crippen LogP contribution < -0.4 is 10.3 Å². The maximum atomic E-state index is 11.6. The van der Waals surface area contributed by atoms with E-state index < -0.39 is 12.3 Å². The van der Waals surface area contributed by atoms with Gasteiger partial charge in [-0.3, -0.25) is 9.36 Å². The largest absolute Gasteiger partial charge is 0.453 e. The lowest BCUT2D eigenvalue weighted by Crippen LogP contribution is -2.43.